The lowest BCUT2D eigenvalue weighted by Crippen LogP contribution is -2.31. The Balaban J connectivity index is 1.77. The molecule has 2 aromatic carbocycles. The van der Waals surface area contributed by atoms with Crippen molar-refractivity contribution in [3.8, 4) is 17.2 Å². The molecule has 1 atom stereocenters. The van der Waals surface area contributed by atoms with E-state index < -0.39 is 0 Å². The van der Waals surface area contributed by atoms with Crippen molar-refractivity contribution in [1.82, 2.24) is 19.7 Å². The summed E-state index contributed by atoms with van der Waals surface area (Å²) < 4.78 is 14.0. The maximum absolute atomic E-state index is 13.3. The fourth-order valence-electron chi connectivity index (χ4n) is 3.81. The first-order valence-corrected chi connectivity index (χ1v) is 9.87. The van der Waals surface area contributed by atoms with Crippen molar-refractivity contribution < 1.29 is 9.47 Å². The average molecular weight is 394 g/mol. The van der Waals surface area contributed by atoms with E-state index in [0.717, 1.165) is 43.0 Å². The van der Waals surface area contributed by atoms with Crippen LogP contribution in [0.3, 0.4) is 0 Å². The molecule has 1 N–H and O–H groups in total. The monoisotopic (exact) mass is 394 g/mol. The molecule has 1 saturated heterocycles. The molecule has 152 valence electrons. The van der Waals surface area contributed by atoms with Crippen LogP contribution in [0.15, 0.2) is 53.3 Å². The Morgan fingerprint density at radius 1 is 1.10 bits per heavy atom. The molecule has 0 saturated carbocycles. The molecular formula is C22H26N4O3. The second-order valence-electron chi connectivity index (χ2n) is 7.23. The van der Waals surface area contributed by atoms with Crippen LogP contribution < -0.4 is 20.5 Å². The van der Waals surface area contributed by atoms with Gasteiger partial charge in [-0.3, -0.25) is 0 Å². The molecule has 29 heavy (non-hydrogen) atoms. The first-order chi connectivity index (χ1) is 14.2. The number of methoxy groups -OCH3 is 2. The number of rotatable bonds is 6. The van der Waals surface area contributed by atoms with Gasteiger partial charge < -0.3 is 14.8 Å². The molecule has 4 rings (SSSR count). The molecule has 1 aromatic heterocycles. The quantitative estimate of drug-likeness (QED) is 0.696. The van der Waals surface area contributed by atoms with E-state index in [2.05, 4.69) is 5.32 Å². The number of ether oxygens (including phenoxy) is 2. The molecule has 0 radical (unpaired) electrons. The van der Waals surface area contributed by atoms with E-state index in [0.29, 0.717) is 18.0 Å². The molecule has 7 heteroatoms. The molecule has 1 fully saturated rings. The smallest absolute Gasteiger partial charge is 0.350 e. The van der Waals surface area contributed by atoms with Crippen LogP contribution in [-0.4, -0.2) is 41.7 Å². The van der Waals surface area contributed by atoms with E-state index in [1.807, 2.05) is 48.5 Å². The molecular weight excluding hydrogens is 368 g/mol. The number of hydrogen-bond acceptors (Lipinski definition) is 5. The lowest BCUT2D eigenvalue weighted by Gasteiger charge is -2.22. The van der Waals surface area contributed by atoms with Gasteiger partial charge in [-0.1, -0.05) is 18.2 Å². The van der Waals surface area contributed by atoms with Crippen molar-refractivity contribution >= 4 is 0 Å². The average Bonchev–Trinajstić information content (AvgIpc) is 3.10. The van der Waals surface area contributed by atoms with Crippen LogP contribution in [0.5, 0.6) is 11.5 Å². The molecule has 1 aliphatic heterocycles. The van der Waals surface area contributed by atoms with Gasteiger partial charge in [0.05, 0.1) is 26.5 Å². The van der Waals surface area contributed by atoms with Gasteiger partial charge in [0.15, 0.2) is 0 Å². The zero-order chi connectivity index (χ0) is 20.2. The largest absolute Gasteiger partial charge is 0.497 e. The Kier molecular flexibility index (Phi) is 5.67. The zero-order valence-electron chi connectivity index (χ0n) is 16.8. The number of nitrogens with one attached hydrogen (secondary N) is 1. The van der Waals surface area contributed by atoms with Gasteiger partial charge in [0.25, 0.3) is 0 Å². The number of hydrogen-bond donors (Lipinski definition) is 1. The minimum absolute atomic E-state index is 0.140. The fraction of sp³-hybridized carbons (Fsp3) is 0.364. The molecule has 7 nitrogen and oxygen atoms in total. The van der Waals surface area contributed by atoms with Crippen LogP contribution in [0.4, 0.5) is 0 Å². The van der Waals surface area contributed by atoms with Gasteiger partial charge in [0.2, 0.25) is 0 Å². The summed E-state index contributed by atoms with van der Waals surface area (Å²) >= 11 is 0. The molecule has 1 aliphatic rings. The Labute approximate surface area is 169 Å². The normalized spacial score (nSPS) is 16.6. The number of piperidine rings is 1. The van der Waals surface area contributed by atoms with Crippen molar-refractivity contribution in [3.05, 3.63) is 70.4 Å². The Morgan fingerprint density at radius 2 is 1.83 bits per heavy atom. The maximum atomic E-state index is 13.3. The lowest BCUT2D eigenvalue weighted by molar-refractivity contribution is 0.393. The second-order valence-corrected chi connectivity index (χ2v) is 7.23. The SMILES string of the molecule is COc1cc(Cn2nc(C3CCCNC3)n(-c3ccccc3)c2=O)cc(OC)c1. The highest BCUT2D eigenvalue weighted by molar-refractivity contribution is 5.39. The van der Waals surface area contributed by atoms with E-state index in [4.69, 9.17) is 14.6 Å². The van der Waals surface area contributed by atoms with E-state index in [1.165, 1.54) is 4.68 Å². The molecule has 2 heterocycles. The van der Waals surface area contributed by atoms with Crippen molar-refractivity contribution in [1.29, 1.82) is 0 Å². The second kappa shape index (κ2) is 8.53. The topological polar surface area (TPSA) is 70.3 Å². The lowest BCUT2D eigenvalue weighted by atomic mass is 9.99. The number of nitrogens with zero attached hydrogens (tertiary/aromatic N) is 3. The Hall–Kier alpha value is -3.06. The third-order valence-corrected chi connectivity index (χ3v) is 5.28. The molecule has 3 aromatic rings. The van der Waals surface area contributed by atoms with Crippen LogP contribution >= 0.6 is 0 Å². The highest BCUT2D eigenvalue weighted by Crippen LogP contribution is 2.25. The standard InChI is InChI=1S/C22H26N4O3/c1-28-19-11-16(12-20(13-19)29-2)15-25-22(27)26(18-8-4-3-5-9-18)21(24-25)17-7-6-10-23-14-17/h3-5,8-9,11-13,17,23H,6-7,10,14-15H2,1-2H3. The number of aromatic nitrogens is 3. The van der Waals surface area contributed by atoms with E-state index in [1.54, 1.807) is 18.8 Å². The Morgan fingerprint density at radius 3 is 2.45 bits per heavy atom. The number of benzene rings is 2. The van der Waals surface area contributed by atoms with Gasteiger partial charge in [-0.25, -0.2) is 14.0 Å². The molecule has 0 bridgehead atoms. The van der Waals surface area contributed by atoms with E-state index >= 15 is 0 Å². The van der Waals surface area contributed by atoms with Crippen LogP contribution in [0.1, 0.15) is 30.1 Å². The third kappa shape index (κ3) is 4.05. The summed E-state index contributed by atoms with van der Waals surface area (Å²) in [6.07, 6.45) is 2.09. The van der Waals surface area contributed by atoms with Gasteiger partial charge in [-0.15, -0.1) is 0 Å². The first kappa shape index (κ1) is 19.3. The summed E-state index contributed by atoms with van der Waals surface area (Å²) in [5, 5.41) is 8.18. The Bertz CT molecular complexity index is 998. The van der Waals surface area contributed by atoms with Gasteiger partial charge >= 0.3 is 5.69 Å². The van der Waals surface area contributed by atoms with Crippen LogP contribution in [-0.2, 0) is 6.54 Å². The highest BCUT2D eigenvalue weighted by atomic mass is 16.5. The van der Waals surface area contributed by atoms with Gasteiger partial charge in [-0.2, -0.15) is 5.10 Å². The minimum atomic E-state index is -0.140. The minimum Gasteiger partial charge on any atom is -0.497 e. The van der Waals surface area contributed by atoms with Crippen LogP contribution in [0.25, 0.3) is 5.69 Å². The summed E-state index contributed by atoms with van der Waals surface area (Å²) in [5.41, 5.74) is 1.60. The fourth-order valence-corrected chi connectivity index (χ4v) is 3.81. The predicted molar refractivity (Wildman–Crippen MR) is 111 cm³/mol. The van der Waals surface area contributed by atoms with Crippen LogP contribution in [0.2, 0.25) is 0 Å². The molecule has 0 aliphatic carbocycles. The summed E-state index contributed by atoms with van der Waals surface area (Å²) in [5.74, 6) is 2.39. The van der Waals surface area contributed by atoms with Crippen molar-refractivity contribution in [2.75, 3.05) is 27.3 Å². The van der Waals surface area contributed by atoms with Crippen molar-refractivity contribution in [2.45, 2.75) is 25.3 Å². The molecule has 1 unspecified atom stereocenters. The molecule has 0 spiro atoms. The summed E-state index contributed by atoms with van der Waals surface area (Å²) in [6, 6.07) is 15.3. The van der Waals surface area contributed by atoms with E-state index in [-0.39, 0.29) is 11.6 Å². The van der Waals surface area contributed by atoms with Crippen LogP contribution in [0, 0.1) is 0 Å². The summed E-state index contributed by atoms with van der Waals surface area (Å²) in [6.45, 7) is 2.19. The maximum Gasteiger partial charge on any atom is 0.350 e. The highest BCUT2D eigenvalue weighted by Gasteiger charge is 2.25. The van der Waals surface area contributed by atoms with Gasteiger partial charge in [-0.05, 0) is 49.2 Å². The predicted octanol–water partition coefficient (Wildman–Crippen LogP) is 2.57. The van der Waals surface area contributed by atoms with E-state index in [9.17, 15) is 4.79 Å². The molecule has 0 amide bonds. The van der Waals surface area contributed by atoms with Crippen molar-refractivity contribution in [3.63, 3.8) is 0 Å². The van der Waals surface area contributed by atoms with Crippen molar-refractivity contribution in [2.24, 2.45) is 0 Å². The van der Waals surface area contributed by atoms with Gasteiger partial charge in [0.1, 0.15) is 17.3 Å². The summed E-state index contributed by atoms with van der Waals surface area (Å²) in [4.78, 5) is 13.3. The zero-order valence-corrected chi connectivity index (χ0v) is 16.8. The third-order valence-electron chi connectivity index (χ3n) is 5.28. The van der Waals surface area contributed by atoms with Gasteiger partial charge in [0, 0.05) is 18.5 Å². The number of para-hydroxylation sites is 1. The summed E-state index contributed by atoms with van der Waals surface area (Å²) in [7, 11) is 3.23. The first-order valence-electron chi connectivity index (χ1n) is 9.87.